The monoisotopic (exact) mass is 571 g/mol. The van der Waals surface area contributed by atoms with E-state index in [1.165, 1.54) is 0 Å². The zero-order chi connectivity index (χ0) is 29.8. The molecule has 6 rings (SSSR count). The highest BCUT2D eigenvalue weighted by Crippen LogP contribution is 2.41. The lowest BCUT2D eigenvalue weighted by molar-refractivity contribution is 0.00611. The van der Waals surface area contributed by atoms with Crippen molar-refractivity contribution in [2.75, 3.05) is 19.7 Å². The molecule has 0 radical (unpaired) electrons. The number of ether oxygens (including phenoxy) is 1. The van der Waals surface area contributed by atoms with Gasteiger partial charge in [0.2, 0.25) is 0 Å². The van der Waals surface area contributed by atoms with Crippen LogP contribution < -0.4 is 31.3 Å². The van der Waals surface area contributed by atoms with Gasteiger partial charge in [0, 0.05) is 18.7 Å². The van der Waals surface area contributed by atoms with Gasteiger partial charge in [-0.15, -0.1) is 0 Å². The molecule has 3 fully saturated rings. The number of aliphatic hydroxyl groups excluding tert-OH is 1. The van der Waals surface area contributed by atoms with Crippen LogP contribution in [-0.2, 0) is 5.41 Å². The minimum Gasteiger partial charge on any atom is -0.492 e. The number of nitriles is 1. The van der Waals surface area contributed by atoms with Gasteiger partial charge in [-0.1, -0.05) is 38.1 Å². The summed E-state index contributed by atoms with van der Waals surface area (Å²) in [5.41, 5.74) is 0.322. The average molecular weight is 572 g/mol. The number of hydrogen-bond donors (Lipinski definition) is 8. The van der Waals surface area contributed by atoms with Crippen LogP contribution in [0.25, 0.3) is 0 Å². The minimum atomic E-state index is -1.33. The van der Waals surface area contributed by atoms with E-state index in [0.29, 0.717) is 17.9 Å². The van der Waals surface area contributed by atoms with Gasteiger partial charge in [0.25, 0.3) is 11.8 Å². The number of hydrogen-bond acceptors (Lipinski definition) is 7. The lowest BCUT2D eigenvalue weighted by Crippen LogP contribution is -2.78. The molecule has 0 aliphatic carbocycles. The Morgan fingerprint density at radius 3 is 2.69 bits per heavy atom. The van der Waals surface area contributed by atoms with E-state index < -0.39 is 41.7 Å². The summed E-state index contributed by atoms with van der Waals surface area (Å²) < 4.78 is 5.92. The fourth-order valence-corrected chi connectivity index (χ4v) is 6.57. The van der Waals surface area contributed by atoms with Gasteiger partial charge in [-0.25, -0.2) is 0 Å². The normalized spacial score (nSPS) is 28.5. The molecule has 0 saturated carbocycles. The SMILES string of the molecule is CC1(C)CCOc2c(C(=O)NC3CN4C(=N)N[C@@H](CNC(=O)c5ccccc5C#N)C5NC(=N)NC54[C@@H]3O)cccc21. The summed E-state index contributed by atoms with van der Waals surface area (Å²) in [6.07, 6.45) is -0.393. The second-order valence-corrected chi connectivity index (χ2v) is 11.7. The number of carbonyl (C=O) groups excluding carboxylic acids is 2. The largest absolute Gasteiger partial charge is 0.492 e. The van der Waals surface area contributed by atoms with E-state index in [4.69, 9.17) is 15.6 Å². The zero-order valence-corrected chi connectivity index (χ0v) is 23.2. The summed E-state index contributed by atoms with van der Waals surface area (Å²) in [5, 5.41) is 53.0. The third kappa shape index (κ3) is 4.18. The number of fused-ring (bicyclic) bond motifs is 1. The van der Waals surface area contributed by atoms with Crippen LogP contribution in [0.3, 0.4) is 0 Å². The number of nitrogens with one attached hydrogen (secondary N) is 7. The minimum absolute atomic E-state index is 0.0232. The lowest BCUT2D eigenvalue weighted by Gasteiger charge is -2.49. The van der Waals surface area contributed by atoms with Crippen molar-refractivity contribution in [2.45, 2.75) is 55.6 Å². The molecule has 5 atom stereocenters. The molecule has 1 spiro atoms. The molecule has 3 saturated heterocycles. The molecule has 0 aromatic heterocycles. The van der Waals surface area contributed by atoms with Gasteiger partial charge < -0.3 is 41.3 Å². The molecule has 13 heteroatoms. The second-order valence-electron chi connectivity index (χ2n) is 11.7. The quantitative estimate of drug-likeness (QED) is 0.242. The molecule has 2 aromatic rings. The highest BCUT2D eigenvalue weighted by atomic mass is 16.5. The molecule has 4 aliphatic heterocycles. The molecule has 3 unspecified atom stereocenters. The molecule has 0 bridgehead atoms. The van der Waals surface area contributed by atoms with Crippen molar-refractivity contribution < 1.29 is 19.4 Å². The van der Waals surface area contributed by atoms with Crippen LogP contribution in [0.2, 0.25) is 0 Å². The van der Waals surface area contributed by atoms with Crippen molar-refractivity contribution in [1.29, 1.82) is 16.1 Å². The van der Waals surface area contributed by atoms with E-state index in [2.05, 4.69) is 40.4 Å². The third-order valence-electron chi connectivity index (χ3n) is 8.80. The summed E-state index contributed by atoms with van der Waals surface area (Å²) in [6.45, 7) is 4.86. The smallest absolute Gasteiger partial charge is 0.255 e. The molecule has 218 valence electrons. The molecule has 42 heavy (non-hydrogen) atoms. The van der Waals surface area contributed by atoms with Gasteiger partial charge in [-0.2, -0.15) is 5.26 Å². The first kappa shape index (κ1) is 27.3. The van der Waals surface area contributed by atoms with Crippen LogP contribution in [0.4, 0.5) is 0 Å². The molecular formula is C29H33N9O4. The highest BCUT2D eigenvalue weighted by Gasteiger charge is 2.66. The summed E-state index contributed by atoms with van der Waals surface area (Å²) >= 11 is 0. The summed E-state index contributed by atoms with van der Waals surface area (Å²) in [7, 11) is 0. The predicted octanol–water partition coefficient (Wildman–Crippen LogP) is -0.0777. The third-order valence-corrected chi connectivity index (χ3v) is 8.80. The zero-order valence-electron chi connectivity index (χ0n) is 23.2. The van der Waals surface area contributed by atoms with Crippen molar-refractivity contribution in [3.8, 4) is 11.8 Å². The molecule has 4 heterocycles. The van der Waals surface area contributed by atoms with Gasteiger partial charge in [0.1, 0.15) is 11.9 Å². The van der Waals surface area contributed by atoms with E-state index in [1.807, 2.05) is 18.2 Å². The Morgan fingerprint density at radius 1 is 1.14 bits per heavy atom. The first-order valence-corrected chi connectivity index (χ1v) is 13.9. The summed E-state index contributed by atoms with van der Waals surface area (Å²) in [5.74, 6) is -0.386. The number of aliphatic hydroxyl groups is 1. The second kappa shape index (κ2) is 9.92. The first-order chi connectivity index (χ1) is 20.1. The van der Waals surface area contributed by atoms with Gasteiger partial charge in [-0.05, 0) is 30.0 Å². The van der Waals surface area contributed by atoms with E-state index in [9.17, 15) is 20.0 Å². The molecule has 4 aliphatic rings. The van der Waals surface area contributed by atoms with Crippen LogP contribution in [0.5, 0.6) is 5.75 Å². The van der Waals surface area contributed by atoms with E-state index in [-0.39, 0.29) is 41.6 Å². The van der Waals surface area contributed by atoms with Crippen LogP contribution >= 0.6 is 0 Å². The fraction of sp³-hybridized carbons (Fsp3) is 0.414. The van der Waals surface area contributed by atoms with Crippen LogP contribution in [-0.4, -0.2) is 83.3 Å². The predicted molar refractivity (Wildman–Crippen MR) is 152 cm³/mol. The van der Waals surface area contributed by atoms with Crippen LogP contribution in [0.1, 0.15) is 52.1 Å². The first-order valence-electron chi connectivity index (χ1n) is 13.9. The van der Waals surface area contributed by atoms with Gasteiger partial charge >= 0.3 is 0 Å². The number of amides is 2. The maximum atomic E-state index is 13.6. The standard InChI is InChI=1S/C29H33N9O4/c1-28(2)10-11-42-21-17(8-5-9-18(21)28)25(41)34-20-14-38-27(32)35-19(22-29(38,23(20)39)37-26(31)36-22)13-33-24(40)16-7-4-3-6-15(16)12-30/h3-9,19-20,22-23,39H,10-11,13-14H2,1-2H3,(H2,32,35)(H,33,40)(H,34,41)(H3,31,36,37)/t19-,20?,22?,23+,29?/m0/s1. The highest BCUT2D eigenvalue weighted by molar-refractivity contribution is 5.98. The lowest BCUT2D eigenvalue weighted by atomic mass is 9.79. The Labute approximate surface area is 242 Å². The molecule has 2 amide bonds. The molecule has 13 nitrogen and oxygen atoms in total. The Kier molecular flexibility index (Phi) is 6.46. The molecular weight excluding hydrogens is 538 g/mol. The Hall–Kier alpha value is -4.83. The van der Waals surface area contributed by atoms with E-state index >= 15 is 0 Å². The van der Waals surface area contributed by atoms with Crippen LogP contribution in [0, 0.1) is 22.1 Å². The van der Waals surface area contributed by atoms with Crippen molar-refractivity contribution >= 4 is 23.7 Å². The number of nitrogens with zero attached hydrogens (tertiary/aromatic N) is 2. The maximum Gasteiger partial charge on any atom is 0.255 e. The Balaban J connectivity index is 1.22. The van der Waals surface area contributed by atoms with E-state index in [0.717, 1.165) is 12.0 Å². The van der Waals surface area contributed by atoms with Crippen molar-refractivity contribution in [3.63, 3.8) is 0 Å². The van der Waals surface area contributed by atoms with Gasteiger partial charge in [-0.3, -0.25) is 20.4 Å². The van der Waals surface area contributed by atoms with Crippen LogP contribution in [0.15, 0.2) is 42.5 Å². The summed E-state index contributed by atoms with van der Waals surface area (Å²) in [6, 6.07) is 11.9. The Morgan fingerprint density at radius 2 is 1.90 bits per heavy atom. The molecule has 8 N–H and O–H groups in total. The average Bonchev–Trinajstić information content (AvgIpc) is 3.47. The molecule has 2 aromatic carbocycles. The van der Waals surface area contributed by atoms with Crippen molar-refractivity contribution in [1.82, 2.24) is 31.5 Å². The number of guanidine groups is 2. The maximum absolute atomic E-state index is 13.6. The summed E-state index contributed by atoms with van der Waals surface area (Å²) in [4.78, 5) is 28.1. The number of rotatable bonds is 5. The number of para-hydroxylation sites is 1. The van der Waals surface area contributed by atoms with Crippen molar-refractivity contribution in [2.24, 2.45) is 0 Å². The van der Waals surface area contributed by atoms with E-state index in [1.54, 1.807) is 35.2 Å². The Bertz CT molecular complexity index is 1540. The fourth-order valence-electron chi connectivity index (χ4n) is 6.57. The topological polar surface area (TPSA) is 198 Å². The van der Waals surface area contributed by atoms with Gasteiger partial charge in [0.05, 0.1) is 47.5 Å². The number of carbonyl (C=O) groups is 2. The number of benzene rings is 2. The van der Waals surface area contributed by atoms with Crippen molar-refractivity contribution in [3.05, 3.63) is 64.7 Å². The van der Waals surface area contributed by atoms with Gasteiger partial charge in [0.15, 0.2) is 17.6 Å².